The third-order valence-electron chi connectivity index (χ3n) is 7.67. The van der Waals surface area contributed by atoms with E-state index in [9.17, 15) is 22.4 Å². The number of methoxy groups -OCH3 is 1. The van der Waals surface area contributed by atoms with Crippen molar-refractivity contribution in [2.75, 3.05) is 58.1 Å². The molecule has 2 heterocycles. The molecule has 4 aromatic rings. The largest absolute Gasteiger partial charge is 0.457 e. The van der Waals surface area contributed by atoms with E-state index in [1.165, 1.54) is 47.6 Å². The molecular formula is C33H36FN3O9S. The van der Waals surface area contributed by atoms with Crippen molar-refractivity contribution >= 4 is 38.7 Å². The van der Waals surface area contributed by atoms with Gasteiger partial charge in [-0.2, -0.15) is 0 Å². The van der Waals surface area contributed by atoms with Gasteiger partial charge in [0.1, 0.15) is 41.4 Å². The summed E-state index contributed by atoms with van der Waals surface area (Å²) in [4.78, 5) is 27.1. The van der Waals surface area contributed by atoms with E-state index in [4.69, 9.17) is 23.4 Å². The van der Waals surface area contributed by atoms with Crippen LogP contribution in [-0.2, 0) is 24.2 Å². The van der Waals surface area contributed by atoms with E-state index < -0.39 is 34.2 Å². The zero-order valence-electron chi connectivity index (χ0n) is 26.6. The first-order chi connectivity index (χ1) is 22.4. The summed E-state index contributed by atoms with van der Waals surface area (Å²) in [6, 6.07) is 15.7. The van der Waals surface area contributed by atoms with E-state index in [1.54, 1.807) is 50.4 Å². The maximum absolute atomic E-state index is 13.3. The molecule has 2 atom stereocenters. The number of likely N-dealkylation sites (N-methyl/N-ethyl adjacent to an activating group) is 1. The maximum Gasteiger partial charge on any atom is 0.409 e. The highest BCUT2D eigenvalue weighted by Gasteiger charge is 2.34. The Morgan fingerprint density at radius 3 is 2.36 bits per heavy atom. The Kier molecular flexibility index (Phi) is 10.0. The molecule has 12 nitrogen and oxygen atoms in total. The van der Waals surface area contributed by atoms with Gasteiger partial charge in [0.2, 0.25) is 10.0 Å². The summed E-state index contributed by atoms with van der Waals surface area (Å²) >= 11 is 0. The first-order valence-electron chi connectivity index (χ1n) is 14.8. The fourth-order valence-electron chi connectivity index (χ4n) is 5.25. The van der Waals surface area contributed by atoms with Crippen LogP contribution in [0.1, 0.15) is 28.9 Å². The SMILES string of the molecule is CNC(=O)c1c(-c2ccc(Oc3ccc(F)cc3)cc2)oc2cc3c(cc12)[C@H](C)O[C@H](COC(=O)N(C)CCOC)CN3S(C)(=O)=O. The number of furan rings is 1. The topological polar surface area (TPSA) is 137 Å². The van der Waals surface area contributed by atoms with Gasteiger partial charge in [0.15, 0.2) is 0 Å². The smallest absolute Gasteiger partial charge is 0.409 e. The highest BCUT2D eigenvalue weighted by atomic mass is 32.2. The van der Waals surface area contributed by atoms with Crippen LogP contribution in [0, 0.1) is 5.82 Å². The highest BCUT2D eigenvalue weighted by Crippen LogP contribution is 2.42. The van der Waals surface area contributed by atoms with Crippen LogP contribution in [0.4, 0.5) is 14.9 Å². The van der Waals surface area contributed by atoms with Gasteiger partial charge in [0.25, 0.3) is 5.91 Å². The molecule has 1 aliphatic rings. The van der Waals surface area contributed by atoms with Crippen molar-refractivity contribution in [3.8, 4) is 22.8 Å². The van der Waals surface area contributed by atoms with Gasteiger partial charge in [-0.3, -0.25) is 9.10 Å². The number of halogens is 1. The maximum atomic E-state index is 13.3. The Labute approximate surface area is 272 Å². The van der Waals surface area contributed by atoms with Crippen LogP contribution in [0.2, 0.25) is 0 Å². The minimum absolute atomic E-state index is 0.123. The van der Waals surface area contributed by atoms with E-state index in [-0.39, 0.29) is 35.9 Å². The second-order valence-electron chi connectivity index (χ2n) is 11.1. The standard InChI is InChI=1S/C33H36FN3O9S/c1-20-26-16-27-29(17-28(26)37(47(5,40)41)18-25(44-20)19-43-33(39)36(3)14-15-42-4)46-31(30(27)32(38)35-2)21-6-10-23(11-7-21)45-24-12-8-22(34)9-13-24/h6-13,16-17,20,25H,14-15,18-19H2,1-5H3,(H,35,38)/t20-,25-/m0/s1. The Balaban J connectivity index is 1.49. The molecule has 1 aromatic heterocycles. The van der Waals surface area contributed by atoms with Crippen LogP contribution in [0.25, 0.3) is 22.3 Å². The van der Waals surface area contributed by atoms with Gasteiger partial charge in [-0.25, -0.2) is 17.6 Å². The number of nitrogens with zero attached hydrogens (tertiary/aromatic N) is 2. The molecule has 0 bridgehead atoms. The summed E-state index contributed by atoms with van der Waals surface area (Å²) in [6.07, 6.45) is -0.948. The molecule has 1 aliphatic heterocycles. The molecule has 0 aliphatic carbocycles. The van der Waals surface area contributed by atoms with Gasteiger partial charge in [0.05, 0.1) is 36.8 Å². The monoisotopic (exact) mass is 669 g/mol. The molecule has 0 fully saturated rings. The average molecular weight is 670 g/mol. The number of sulfonamides is 1. The number of fused-ring (bicyclic) bond motifs is 2. The fourth-order valence-corrected chi connectivity index (χ4v) is 6.20. The number of hydrogen-bond donors (Lipinski definition) is 1. The molecule has 2 amide bonds. The van der Waals surface area contributed by atoms with Crippen LogP contribution in [0.15, 0.2) is 65.1 Å². The molecule has 1 N–H and O–H groups in total. The van der Waals surface area contributed by atoms with Crippen molar-refractivity contribution in [1.82, 2.24) is 10.2 Å². The average Bonchev–Trinajstić information content (AvgIpc) is 3.35. The summed E-state index contributed by atoms with van der Waals surface area (Å²) in [5.74, 6) is 0.433. The number of hydrogen-bond acceptors (Lipinski definition) is 9. The van der Waals surface area contributed by atoms with Gasteiger partial charge in [0, 0.05) is 50.3 Å². The lowest BCUT2D eigenvalue weighted by Crippen LogP contribution is -2.40. The molecule has 0 saturated carbocycles. The summed E-state index contributed by atoms with van der Waals surface area (Å²) < 4.78 is 69.4. The van der Waals surface area contributed by atoms with Crippen LogP contribution < -0.4 is 14.4 Å². The van der Waals surface area contributed by atoms with Gasteiger partial charge >= 0.3 is 6.09 Å². The van der Waals surface area contributed by atoms with E-state index >= 15 is 0 Å². The lowest BCUT2D eigenvalue weighted by molar-refractivity contribution is -0.0316. The van der Waals surface area contributed by atoms with Gasteiger partial charge in [-0.15, -0.1) is 0 Å². The molecule has 250 valence electrons. The number of anilines is 1. The Morgan fingerprint density at radius 2 is 1.74 bits per heavy atom. The molecular weight excluding hydrogens is 633 g/mol. The highest BCUT2D eigenvalue weighted by molar-refractivity contribution is 7.92. The van der Waals surface area contributed by atoms with E-state index in [0.717, 1.165) is 6.26 Å². The summed E-state index contributed by atoms with van der Waals surface area (Å²) in [6.45, 7) is 2.10. The zero-order chi connectivity index (χ0) is 33.9. The second-order valence-corrected chi connectivity index (χ2v) is 13.0. The second kappa shape index (κ2) is 14.0. The van der Waals surface area contributed by atoms with E-state index in [1.807, 2.05) is 0 Å². The van der Waals surface area contributed by atoms with E-state index in [0.29, 0.717) is 46.9 Å². The number of amides is 2. The minimum Gasteiger partial charge on any atom is -0.457 e. The van der Waals surface area contributed by atoms with Gasteiger partial charge in [-0.1, -0.05) is 0 Å². The van der Waals surface area contributed by atoms with Crippen molar-refractivity contribution < 1.29 is 45.8 Å². The molecule has 14 heteroatoms. The van der Waals surface area contributed by atoms with Crippen LogP contribution in [0.5, 0.6) is 11.5 Å². The Bertz CT molecular complexity index is 1860. The van der Waals surface area contributed by atoms with Crippen LogP contribution in [-0.4, -0.2) is 85.2 Å². The number of rotatable bonds is 10. The van der Waals surface area contributed by atoms with Crippen molar-refractivity contribution in [2.45, 2.75) is 19.1 Å². The van der Waals surface area contributed by atoms with Gasteiger partial charge < -0.3 is 33.6 Å². The fraction of sp³-hybridized carbons (Fsp3) is 0.333. The lowest BCUT2D eigenvalue weighted by atomic mass is 10.0. The number of carbonyl (C=O) groups is 2. The summed E-state index contributed by atoms with van der Waals surface area (Å²) in [5, 5.41) is 3.12. The normalized spacial score (nSPS) is 16.3. The Morgan fingerprint density at radius 1 is 1.09 bits per heavy atom. The first-order valence-corrected chi connectivity index (χ1v) is 16.6. The molecule has 3 aromatic carbocycles. The first kappa shape index (κ1) is 33.7. The number of carbonyl (C=O) groups excluding carboxylic acids is 2. The third kappa shape index (κ3) is 7.50. The molecule has 0 spiro atoms. The van der Waals surface area contributed by atoms with E-state index in [2.05, 4.69) is 5.32 Å². The van der Waals surface area contributed by atoms with Crippen molar-refractivity contribution in [3.05, 3.63) is 77.6 Å². The van der Waals surface area contributed by atoms with Crippen LogP contribution >= 0.6 is 0 Å². The number of benzene rings is 3. The Hall–Kier alpha value is -4.66. The van der Waals surface area contributed by atoms with Gasteiger partial charge in [-0.05, 0) is 61.5 Å². The van der Waals surface area contributed by atoms with Crippen molar-refractivity contribution in [2.24, 2.45) is 0 Å². The predicted octanol–water partition coefficient (Wildman–Crippen LogP) is 5.33. The summed E-state index contributed by atoms with van der Waals surface area (Å²) in [7, 11) is 0.765. The molecule has 0 unspecified atom stereocenters. The zero-order valence-corrected chi connectivity index (χ0v) is 27.4. The third-order valence-corrected chi connectivity index (χ3v) is 8.81. The molecule has 0 saturated heterocycles. The van der Waals surface area contributed by atoms with Crippen LogP contribution in [0.3, 0.4) is 0 Å². The quantitative estimate of drug-likeness (QED) is 0.238. The van der Waals surface area contributed by atoms with Crippen molar-refractivity contribution in [1.29, 1.82) is 0 Å². The lowest BCUT2D eigenvalue weighted by Gasteiger charge is -2.25. The van der Waals surface area contributed by atoms with Crippen molar-refractivity contribution in [3.63, 3.8) is 0 Å². The summed E-state index contributed by atoms with van der Waals surface area (Å²) in [5.41, 5.74) is 1.95. The minimum atomic E-state index is -3.83. The molecule has 0 radical (unpaired) electrons. The number of nitrogens with one attached hydrogen (secondary N) is 1. The predicted molar refractivity (Wildman–Crippen MR) is 173 cm³/mol. The molecule has 47 heavy (non-hydrogen) atoms. The number of ether oxygens (including phenoxy) is 4. The molecule has 5 rings (SSSR count).